The molecule has 0 aliphatic heterocycles. The summed E-state index contributed by atoms with van der Waals surface area (Å²) in [5, 5.41) is 0. The molecule has 1 aromatic rings. The molecule has 4 N–H and O–H groups in total. The minimum Gasteiger partial charge on any atom is -0.324 e. The van der Waals surface area contributed by atoms with Crippen LogP contribution in [-0.2, 0) is 10.0 Å². The monoisotopic (exact) mass is 283 g/mol. The van der Waals surface area contributed by atoms with Crippen molar-refractivity contribution in [2.45, 2.75) is 45.1 Å². The number of aryl methyl sites for hydroxylation is 2. The summed E-state index contributed by atoms with van der Waals surface area (Å²) in [5.41, 5.74) is 4.70. The summed E-state index contributed by atoms with van der Waals surface area (Å²) in [4.78, 5) is 0.356. The lowest BCUT2D eigenvalue weighted by Gasteiger charge is -2.14. The molecule has 19 heavy (non-hydrogen) atoms. The van der Waals surface area contributed by atoms with E-state index >= 15 is 0 Å². The fraction of sp³-hybridized carbons (Fsp3) is 0.538. The molecule has 0 spiro atoms. The van der Waals surface area contributed by atoms with Gasteiger partial charge >= 0.3 is 0 Å². The summed E-state index contributed by atoms with van der Waals surface area (Å²) >= 11 is 0. The van der Waals surface area contributed by atoms with E-state index in [1.165, 1.54) is 0 Å². The van der Waals surface area contributed by atoms with Crippen LogP contribution >= 0.6 is 0 Å². The molecule has 1 saturated carbocycles. The first-order valence-electron chi connectivity index (χ1n) is 6.27. The highest BCUT2D eigenvalue weighted by molar-refractivity contribution is 7.89. The topological polar surface area (TPSA) is 84.2 Å². The van der Waals surface area contributed by atoms with Gasteiger partial charge < -0.3 is 5.43 Å². The maximum atomic E-state index is 12.4. The summed E-state index contributed by atoms with van der Waals surface area (Å²) in [7, 11) is -3.47. The van der Waals surface area contributed by atoms with E-state index in [2.05, 4.69) is 24.0 Å². The van der Waals surface area contributed by atoms with Gasteiger partial charge in [0.05, 0.1) is 4.90 Å². The number of hydrogen-bond acceptors (Lipinski definition) is 4. The third-order valence-corrected chi connectivity index (χ3v) is 5.48. The molecule has 0 aromatic heterocycles. The number of sulfonamides is 1. The average molecular weight is 283 g/mol. The summed E-state index contributed by atoms with van der Waals surface area (Å²) < 4.78 is 27.7. The van der Waals surface area contributed by atoms with Gasteiger partial charge in [-0.25, -0.2) is 13.1 Å². The molecule has 6 heteroatoms. The van der Waals surface area contributed by atoms with E-state index < -0.39 is 10.0 Å². The maximum absolute atomic E-state index is 12.4. The molecule has 2 rings (SSSR count). The van der Waals surface area contributed by atoms with Gasteiger partial charge in [0.15, 0.2) is 0 Å². The fourth-order valence-corrected chi connectivity index (χ4v) is 4.23. The number of hydrazine groups is 1. The molecule has 0 radical (unpaired) electrons. The standard InChI is InChI=1S/C13H21N3O2S/c1-8-5-10(15-14)6-9(2)12(8)19(17,18)16-11-7-13(11,3)4/h5-6,11,15-16H,7,14H2,1-4H3. The first kappa shape index (κ1) is 14.3. The lowest BCUT2D eigenvalue weighted by Crippen LogP contribution is -2.29. The highest BCUT2D eigenvalue weighted by Gasteiger charge is 2.48. The molecule has 0 bridgehead atoms. The molecule has 0 saturated heterocycles. The van der Waals surface area contributed by atoms with E-state index in [1.54, 1.807) is 26.0 Å². The molecule has 1 unspecified atom stereocenters. The third-order valence-electron chi connectivity index (χ3n) is 3.71. The van der Waals surface area contributed by atoms with Gasteiger partial charge in [-0.1, -0.05) is 13.8 Å². The molecule has 1 aliphatic rings. The van der Waals surface area contributed by atoms with Crippen molar-refractivity contribution in [2.75, 3.05) is 5.43 Å². The second kappa shape index (κ2) is 4.47. The maximum Gasteiger partial charge on any atom is 0.241 e. The lowest BCUT2D eigenvalue weighted by atomic mass is 10.1. The van der Waals surface area contributed by atoms with Gasteiger partial charge in [0.25, 0.3) is 0 Å². The van der Waals surface area contributed by atoms with E-state index in [0.717, 1.165) is 6.42 Å². The molecule has 106 valence electrons. The SMILES string of the molecule is Cc1cc(NN)cc(C)c1S(=O)(=O)NC1CC1(C)C. The minimum atomic E-state index is -3.47. The van der Waals surface area contributed by atoms with Crippen molar-refractivity contribution >= 4 is 15.7 Å². The van der Waals surface area contributed by atoms with Crippen LogP contribution in [0.15, 0.2) is 17.0 Å². The van der Waals surface area contributed by atoms with E-state index in [4.69, 9.17) is 5.84 Å². The van der Waals surface area contributed by atoms with Crippen molar-refractivity contribution < 1.29 is 8.42 Å². The second-order valence-electron chi connectivity index (χ2n) is 5.95. The lowest BCUT2D eigenvalue weighted by molar-refractivity contribution is 0.554. The van der Waals surface area contributed by atoms with Gasteiger partial charge in [0.2, 0.25) is 10.0 Å². The summed E-state index contributed by atoms with van der Waals surface area (Å²) in [5.74, 6) is 5.36. The van der Waals surface area contributed by atoms with Gasteiger partial charge in [-0.05, 0) is 48.9 Å². The second-order valence-corrected chi connectivity index (χ2v) is 7.60. The Kier molecular flexibility index (Phi) is 3.36. The molecule has 1 fully saturated rings. The zero-order valence-corrected chi connectivity index (χ0v) is 12.6. The number of anilines is 1. The smallest absolute Gasteiger partial charge is 0.241 e. The Hall–Kier alpha value is -1.11. The third kappa shape index (κ3) is 2.75. The van der Waals surface area contributed by atoms with E-state index in [1.807, 2.05) is 0 Å². The average Bonchev–Trinajstić information content (AvgIpc) is 2.82. The number of nitrogens with one attached hydrogen (secondary N) is 2. The molecule has 0 heterocycles. The fourth-order valence-electron chi connectivity index (χ4n) is 2.37. The normalized spacial score (nSPS) is 21.2. The van der Waals surface area contributed by atoms with Gasteiger partial charge in [0.1, 0.15) is 0 Å². The van der Waals surface area contributed by atoms with Crippen LogP contribution in [-0.4, -0.2) is 14.5 Å². The zero-order valence-electron chi connectivity index (χ0n) is 11.7. The van der Waals surface area contributed by atoms with E-state index in [-0.39, 0.29) is 11.5 Å². The Balaban J connectivity index is 2.36. The predicted molar refractivity (Wildman–Crippen MR) is 76.2 cm³/mol. The highest BCUT2D eigenvalue weighted by Crippen LogP contribution is 2.45. The summed E-state index contributed by atoms with van der Waals surface area (Å²) in [6.07, 6.45) is 0.882. The van der Waals surface area contributed by atoms with Crippen LogP contribution in [0.2, 0.25) is 0 Å². The van der Waals surface area contributed by atoms with Crippen LogP contribution in [0.25, 0.3) is 0 Å². The van der Waals surface area contributed by atoms with Crippen molar-refractivity contribution in [3.8, 4) is 0 Å². The van der Waals surface area contributed by atoms with Crippen LogP contribution < -0.4 is 16.0 Å². The molecular weight excluding hydrogens is 262 g/mol. The first-order valence-corrected chi connectivity index (χ1v) is 7.76. The van der Waals surface area contributed by atoms with Gasteiger partial charge in [0, 0.05) is 11.7 Å². The Labute approximate surface area is 114 Å². The van der Waals surface area contributed by atoms with Gasteiger partial charge in [-0.2, -0.15) is 0 Å². The van der Waals surface area contributed by atoms with Crippen molar-refractivity contribution in [3.05, 3.63) is 23.3 Å². The highest BCUT2D eigenvalue weighted by atomic mass is 32.2. The Bertz CT molecular complexity index is 585. The number of hydrogen-bond donors (Lipinski definition) is 3. The quantitative estimate of drug-likeness (QED) is 0.579. The Morgan fingerprint density at radius 3 is 2.11 bits per heavy atom. The predicted octanol–water partition coefficient (Wildman–Crippen LogP) is 1.67. The number of nitrogen functional groups attached to an aromatic ring is 1. The van der Waals surface area contributed by atoms with Crippen molar-refractivity contribution in [1.29, 1.82) is 0 Å². The molecule has 0 amide bonds. The van der Waals surface area contributed by atoms with Crippen LogP contribution in [0.4, 0.5) is 5.69 Å². The van der Waals surface area contributed by atoms with Crippen molar-refractivity contribution in [3.63, 3.8) is 0 Å². The van der Waals surface area contributed by atoms with Crippen molar-refractivity contribution in [1.82, 2.24) is 4.72 Å². The molecular formula is C13H21N3O2S. The van der Waals surface area contributed by atoms with Gasteiger partial charge in [-0.3, -0.25) is 5.84 Å². The van der Waals surface area contributed by atoms with Crippen molar-refractivity contribution in [2.24, 2.45) is 11.3 Å². The molecule has 1 aromatic carbocycles. The first-order chi connectivity index (χ1) is 8.67. The van der Waals surface area contributed by atoms with Crippen LogP contribution in [0.5, 0.6) is 0 Å². The molecule has 1 aliphatic carbocycles. The van der Waals surface area contributed by atoms with Gasteiger partial charge in [-0.15, -0.1) is 0 Å². The summed E-state index contributed by atoms with van der Waals surface area (Å²) in [6.45, 7) is 7.67. The molecule has 1 atom stereocenters. The van der Waals surface area contributed by atoms with E-state index in [9.17, 15) is 8.42 Å². The zero-order chi connectivity index (χ0) is 14.4. The Morgan fingerprint density at radius 2 is 1.74 bits per heavy atom. The summed E-state index contributed by atoms with van der Waals surface area (Å²) in [6, 6.07) is 3.50. The molecule has 5 nitrogen and oxygen atoms in total. The minimum absolute atomic E-state index is 0.0311. The number of benzene rings is 1. The van der Waals surface area contributed by atoms with E-state index in [0.29, 0.717) is 21.7 Å². The van der Waals surface area contributed by atoms with Crippen LogP contribution in [0.3, 0.4) is 0 Å². The largest absolute Gasteiger partial charge is 0.324 e. The Morgan fingerprint density at radius 1 is 1.26 bits per heavy atom. The van der Waals surface area contributed by atoms with Crippen LogP contribution in [0, 0.1) is 19.3 Å². The van der Waals surface area contributed by atoms with Crippen LogP contribution in [0.1, 0.15) is 31.4 Å². The number of nitrogens with two attached hydrogens (primary N) is 1. The number of rotatable bonds is 4.